The van der Waals surface area contributed by atoms with Crippen molar-refractivity contribution in [3.05, 3.63) is 46.6 Å². The van der Waals surface area contributed by atoms with Crippen molar-refractivity contribution in [3.63, 3.8) is 0 Å². The molecule has 0 saturated heterocycles. The molecule has 0 fully saturated rings. The molecule has 1 unspecified atom stereocenters. The van der Waals surface area contributed by atoms with E-state index in [1.807, 2.05) is 0 Å². The van der Waals surface area contributed by atoms with E-state index in [4.69, 9.17) is 0 Å². The summed E-state index contributed by atoms with van der Waals surface area (Å²) in [7, 11) is 0. The Labute approximate surface area is 182 Å². The summed E-state index contributed by atoms with van der Waals surface area (Å²) in [6, 6.07) is 0. The Balaban J connectivity index is -0.000000353. The Bertz CT molecular complexity index is 445. The molecule has 24 heavy (non-hydrogen) atoms. The van der Waals surface area contributed by atoms with Crippen LogP contribution in [0.5, 0.6) is 0 Å². The first kappa shape index (κ1) is 29.2. The van der Waals surface area contributed by atoms with E-state index in [9.17, 15) is 0 Å². The van der Waals surface area contributed by atoms with Crippen molar-refractivity contribution in [2.45, 2.75) is 79.6 Å². The van der Waals surface area contributed by atoms with Gasteiger partial charge in [-0.1, -0.05) is 79.1 Å². The van der Waals surface area contributed by atoms with Crippen molar-refractivity contribution >= 4 is 0 Å². The van der Waals surface area contributed by atoms with E-state index in [1.54, 1.807) is 11.1 Å². The number of allylic oxidation sites excluding steroid dienone is 8. The van der Waals surface area contributed by atoms with Gasteiger partial charge in [-0.15, -0.1) is 6.42 Å². The third kappa shape index (κ3) is 8.68. The average Bonchev–Trinajstić information content (AvgIpc) is 3.14. The maximum atomic E-state index is 3.63. The molecule has 0 amide bonds. The van der Waals surface area contributed by atoms with Crippen molar-refractivity contribution in [1.29, 1.82) is 0 Å². The van der Waals surface area contributed by atoms with Gasteiger partial charge in [-0.3, -0.25) is 12.2 Å². The van der Waals surface area contributed by atoms with Gasteiger partial charge in [0.15, 0.2) is 0 Å². The van der Waals surface area contributed by atoms with Gasteiger partial charge in [0.1, 0.15) is 0 Å². The van der Waals surface area contributed by atoms with Gasteiger partial charge in [0, 0.05) is 0 Å². The Kier molecular flexibility index (Phi) is 20.5. The largest absolute Gasteiger partial charge is 4.00 e. The van der Waals surface area contributed by atoms with Crippen LogP contribution in [0.3, 0.4) is 0 Å². The van der Waals surface area contributed by atoms with Crippen LogP contribution in [0.15, 0.2) is 34.4 Å². The third-order valence-electron chi connectivity index (χ3n) is 4.30. The van der Waals surface area contributed by atoms with E-state index in [0.717, 1.165) is 12.8 Å². The molecule has 0 N–H and O–H groups in total. The molecule has 0 aromatic heterocycles. The van der Waals surface area contributed by atoms with Gasteiger partial charge in [-0.25, -0.2) is 17.2 Å². The van der Waals surface area contributed by atoms with Gasteiger partial charge in [0.25, 0.3) is 0 Å². The summed E-state index contributed by atoms with van der Waals surface area (Å²) in [5.41, 5.74) is 6.15. The zero-order valence-electron chi connectivity index (χ0n) is 15.9. The van der Waals surface area contributed by atoms with Crippen molar-refractivity contribution in [3.8, 4) is 0 Å². The van der Waals surface area contributed by atoms with E-state index in [0.29, 0.717) is 5.92 Å². The van der Waals surface area contributed by atoms with Crippen LogP contribution in [0, 0.1) is 18.1 Å². The molecule has 2 rings (SSSR count). The van der Waals surface area contributed by atoms with Gasteiger partial charge in [0.05, 0.1) is 0 Å². The minimum Gasteiger partial charge on any atom is -1.00 e. The number of rotatable bonds is 6. The normalized spacial score (nSPS) is 17.8. The van der Waals surface area contributed by atoms with Gasteiger partial charge < -0.3 is 24.8 Å². The first-order chi connectivity index (χ1) is 10.2. The Morgan fingerprint density at radius 1 is 1.00 bits per heavy atom. The first-order valence-electron chi connectivity index (χ1n) is 8.82. The summed E-state index contributed by atoms with van der Waals surface area (Å²) in [6.07, 6.45) is 19.5. The molecule has 134 valence electrons. The standard InChI is InChI=1S/C13H21.C8H11.2ClH.Zr/c1-5-10-9-11(6-2)13(8-4)12(10)7-3;1-2-5-8-6-3-4-7-8;;;/h10H,5-8H2,1-4H3;3,6H,2,4-5H2,1H3;2*1H;/q2*-1;;;+4/p-2. The number of hydrogen-bond acceptors (Lipinski definition) is 0. The first-order valence-corrected chi connectivity index (χ1v) is 8.82. The molecule has 2 aliphatic rings. The molecule has 0 aromatic rings. The monoisotopic (exact) mass is 444 g/mol. The zero-order valence-corrected chi connectivity index (χ0v) is 19.9. The van der Waals surface area contributed by atoms with Crippen LogP contribution in [0.1, 0.15) is 79.6 Å². The van der Waals surface area contributed by atoms with E-state index in [-0.39, 0.29) is 51.0 Å². The Hall–Kier alpha value is 0.423. The second-order valence-corrected chi connectivity index (χ2v) is 5.71. The van der Waals surface area contributed by atoms with Crippen LogP contribution in [-0.2, 0) is 26.2 Å². The van der Waals surface area contributed by atoms with Crippen LogP contribution in [0.25, 0.3) is 0 Å². The van der Waals surface area contributed by atoms with E-state index < -0.39 is 0 Å². The fraction of sp³-hybridized carbons (Fsp3) is 0.619. The molecular formula is C21H32Cl2Zr. The number of halogens is 2. The van der Waals surface area contributed by atoms with Gasteiger partial charge in [-0.05, 0) is 0 Å². The summed E-state index contributed by atoms with van der Waals surface area (Å²) < 4.78 is 0. The molecule has 0 bridgehead atoms. The van der Waals surface area contributed by atoms with E-state index >= 15 is 0 Å². The fourth-order valence-electron chi connectivity index (χ4n) is 3.24. The maximum absolute atomic E-state index is 3.63. The van der Waals surface area contributed by atoms with Crippen LogP contribution in [0.2, 0.25) is 0 Å². The fourth-order valence-corrected chi connectivity index (χ4v) is 3.24. The van der Waals surface area contributed by atoms with Crippen molar-refractivity contribution in [1.82, 2.24) is 0 Å². The number of hydrogen-bond donors (Lipinski definition) is 0. The van der Waals surface area contributed by atoms with E-state index in [1.165, 1.54) is 43.3 Å². The second-order valence-electron chi connectivity index (χ2n) is 5.71. The minimum atomic E-state index is 0. The van der Waals surface area contributed by atoms with Crippen molar-refractivity contribution in [2.24, 2.45) is 5.92 Å². The van der Waals surface area contributed by atoms with Crippen LogP contribution in [0.4, 0.5) is 0 Å². The third-order valence-corrected chi connectivity index (χ3v) is 4.30. The molecular weight excluding hydrogens is 414 g/mol. The predicted octanol–water partition coefficient (Wildman–Crippen LogP) is 0.764. The van der Waals surface area contributed by atoms with Gasteiger partial charge in [-0.2, -0.15) is 17.2 Å². The topological polar surface area (TPSA) is 0 Å². The molecule has 0 nitrogen and oxygen atoms in total. The quantitative estimate of drug-likeness (QED) is 0.529. The summed E-state index contributed by atoms with van der Waals surface area (Å²) in [5, 5.41) is 0. The zero-order chi connectivity index (χ0) is 15.7. The second kappa shape index (κ2) is 16.9. The molecule has 1 atom stereocenters. The summed E-state index contributed by atoms with van der Waals surface area (Å²) >= 11 is 0. The molecule has 2 aliphatic carbocycles. The van der Waals surface area contributed by atoms with Gasteiger partial charge >= 0.3 is 26.2 Å². The van der Waals surface area contributed by atoms with Gasteiger partial charge in [0.2, 0.25) is 0 Å². The summed E-state index contributed by atoms with van der Waals surface area (Å²) in [5.74, 6) is 0.634. The van der Waals surface area contributed by atoms with E-state index in [2.05, 4.69) is 58.9 Å². The molecule has 3 heteroatoms. The van der Waals surface area contributed by atoms with Crippen LogP contribution in [-0.4, -0.2) is 0 Å². The molecule has 0 radical (unpaired) electrons. The molecule has 0 spiro atoms. The Morgan fingerprint density at radius 3 is 2.04 bits per heavy atom. The molecule has 0 saturated carbocycles. The molecule has 0 aromatic carbocycles. The van der Waals surface area contributed by atoms with Crippen molar-refractivity contribution in [2.75, 3.05) is 0 Å². The van der Waals surface area contributed by atoms with Crippen LogP contribution >= 0.6 is 0 Å². The SMILES string of the molecule is CCC1=[C-]C(CC)C(CC)=C1CC.CCCC1=[C-]CC=C1.[Cl-].[Cl-].[Zr+4]. The van der Waals surface area contributed by atoms with Crippen LogP contribution < -0.4 is 24.8 Å². The average molecular weight is 447 g/mol. The molecule has 0 aliphatic heterocycles. The summed E-state index contributed by atoms with van der Waals surface area (Å²) in [6.45, 7) is 11.2. The Morgan fingerprint density at radius 2 is 1.67 bits per heavy atom. The maximum Gasteiger partial charge on any atom is 4.00 e. The molecule has 0 heterocycles. The predicted molar refractivity (Wildman–Crippen MR) is 93.9 cm³/mol. The minimum absolute atomic E-state index is 0. The smallest absolute Gasteiger partial charge is 1.00 e. The summed E-state index contributed by atoms with van der Waals surface area (Å²) in [4.78, 5) is 0. The van der Waals surface area contributed by atoms with Crippen molar-refractivity contribution < 1.29 is 51.0 Å².